The Hall–Kier alpha value is -1.62. The molecule has 4 nitrogen and oxygen atoms in total. The van der Waals surface area contributed by atoms with Crippen molar-refractivity contribution in [1.82, 2.24) is 9.97 Å². The monoisotopic (exact) mass is 234 g/mol. The lowest BCUT2D eigenvalue weighted by molar-refractivity contribution is 0.865. The Labute approximate surface area is 98.8 Å². The molecule has 2 aromatic rings. The molecule has 2 aromatic heterocycles. The number of rotatable bonds is 4. The van der Waals surface area contributed by atoms with Crippen molar-refractivity contribution in [2.45, 2.75) is 6.42 Å². The standard InChI is InChI=1S/C11H14N4S/c1-15(5-4-9-3-2-6-16-9)11-8-13-7-10(12)14-11/h2-3,6-8H,4-5H2,1H3,(H2,12,14). The fraction of sp³-hybridized carbons (Fsp3) is 0.273. The minimum atomic E-state index is 0.459. The third-order valence-electron chi connectivity index (χ3n) is 2.31. The number of aromatic nitrogens is 2. The molecule has 5 heteroatoms. The zero-order valence-corrected chi connectivity index (χ0v) is 9.94. The summed E-state index contributed by atoms with van der Waals surface area (Å²) in [6, 6.07) is 4.21. The number of hydrogen-bond donors (Lipinski definition) is 1. The molecule has 0 atom stereocenters. The van der Waals surface area contributed by atoms with Crippen LogP contribution in [0.5, 0.6) is 0 Å². The van der Waals surface area contributed by atoms with Crippen molar-refractivity contribution < 1.29 is 0 Å². The Morgan fingerprint density at radius 3 is 3.00 bits per heavy atom. The van der Waals surface area contributed by atoms with Crippen LogP contribution in [-0.4, -0.2) is 23.6 Å². The molecule has 0 amide bonds. The number of nitrogens with two attached hydrogens (primary N) is 1. The lowest BCUT2D eigenvalue weighted by Crippen LogP contribution is -2.21. The van der Waals surface area contributed by atoms with E-state index in [4.69, 9.17) is 5.73 Å². The van der Waals surface area contributed by atoms with E-state index in [1.54, 1.807) is 23.7 Å². The van der Waals surface area contributed by atoms with Gasteiger partial charge in [0.15, 0.2) is 0 Å². The van der Waals surface area contributed by atoms with Gasteiger partial charge in [0.25, 0.3) is 0 Å². The van der Waals surface area contributed by atoms with Crippen LogP contribution in [0.2, 0.25) is 0 Å². The van der Waals surface area contributed by atoms with Gasteiger partial charge in [0, 0.05) is 18.5 Å². The van der Waals surface area contributed by atoms with Crippen molar-refractivity contribution in [3.05, 3.63) is 34.8 Å². The van der Waals surface area contributed by atoms with Gasteiger partial charge in [-0.3, -0.25) is 4.98 Å². The van der Waals surface area contributed by atoms with Gasteiger partial charge in [0.2, 0.25) is 0 Å². The highest BCUT2D eigenvalue weighted by Crippen LogP contribution is 2.12. The van der Waals surface area contributed by atoms with E-state index in [-0.39, 0.29) is 0 Å². The SMILES string of the molecule is CN(CCc1cccs1)c1cncc(N)n1. The molecule has 2 N–H and O–H groups in total. The Bertz CT molecular complexity index is 441. The number of thiophene rings is 1. The molecule has 2 heterocycles. The van der Waals surface area contributed by atoms with Crippen LogP contribution < -0.4 is 10.6 Å². The Balaban J connectivity index is 1.95. The van der Waals surface area contributed by atoms with Crippen molar-refractivity contribution >= 4 is 23.0 Å². The summed E-state index contributed by atoms with van der Waals surface area (Å²) in [6.07, 6.45) is 4.30. The number of anilines is 2. The maximum absolute atomic E-state index is 5.59. The van der Waals surface area contributed by atoms with Crippen LogP contribution in [0.15, 0.2) is 29.9 Å². The second-order valence-corrected chi connectivity index (χ2v) is 4.59. The van der Waals surface area contributed by atoms with E-state index in [9.17, 15) is 0 Å². The third-order valence-corrected chi connectivity index (χ3v) is 3.24. The van der Waals surface area contributed by atoms with E-state index in [1.165, 1.54) is 4.88 Å². The summed E-state index contributed by atoms with van der Waals surface area (Å²) in [7, 11) is 2.00. The summed E-state index contributed by atoms with van der Waals surface area (Å²) < 4.78 is 0. The van der Waals surface area contributed by atoms with Gasteiger partial charge in [-0.15, -0.1) is 11.3 Å². The third kappa shape index (κ3) is 2.70. The molecule has 0 bridgehead atoms. The molecule has 0 aliphatic rings. The van der Waals surface area contributed by atoms with Crippen LogP contribution in [0, 0.1) is 0 Å². The maximum atomic E-state index is 5.59. The van der Waals surface area contributed by atoms with Gasteiger partial charge >= 0.3 is 0 Å². The molecule has 0 aromatic carbocycles. The lowest BCUT2D eigenvalue weighted by Gasteiger charge is -2.17. The average Bonchev–Trinajstić information content (AvgIpc) is 2.78. The second kappa shape index (κ2) is 4.94. The highest BCUT2D eigenvalue weighted by atomic mass is 32.1. The number of nitrogen functional groups attached to an aromatic ring is 1. The van der Waals surface area contributed by atoms with Crippen LogP contribution in [-0.2, 0) is 6.42 Å². The van der Waals surface area contributed by atoms with Crippen LogP contribution >= 0.6 is 11.3 Å². The molecular weight excluding hydrogens is 220 g/mol. The number of nitrogens with zero attached hydrogens (tertiary/aromatic N) is 3. The predicted octanol–water partition coefficient (Wildman–Crippen LogP) is 1.80. The number of hydrogen-bond acceptors (Lipinski definition) is 5. The summed E-state index contributed by atoms with van der Waals surface area (Å²) in [4.78, 5) is 11.7. The Morgan fingerprint density at radius 1 is 1.44 bits per heavy atom. The first kappa shape index (κ1) is 10.9. The summed E-state index contributed by atoms with van der Waals surface area (Å²) in [5, 5.41) is 2.09. The van der Waals surface area contributed by atoms with Gasteiger partial charge in [-0.05, 0) is 17.9 Å². The van der Waals surface area contributed by atoms with Crippen LogP contribution in [0.3, 0.4) is 0 Å². The zero-order chi connectivity index (χ0) is 11.4. The molecule has 0 aliphatic heterocycles. The predicted molar refractivity (Wildman–Crippen MR) is 67.7 cm³/mol. The molecule has 16 heavy (non-hydrogen) atoms. The molecular formula is C11H14N4S. The van der Waals surface area contributed by atoms with Crippen LogP contribution in [0.1, 0.15) is 4.88 Å². The lowest BCUT2D eigenvalue weighted by atomic mass is 10.3. The minimum absolute atomic E-state index is 0.459. The molecule has 0 aliphatic carbocycles. The molecule has 0 radical (unpaired) electrons. The smallest absolute Gasteiger partial charge is 0.149 e. The Morgan fingerprint density at radius 2 is 2.31 bits per heavy atom. The second-order valence-electron chi connectivity index (χ2n) is 3.55. The normalized spacial score (nSPS) is 10.3. The van der Waals surface area contributed by atoms with E-state index < -0.39 is 0 Å². The zero-order valence-electron chi connectivity index (χ0n) is 9.13. The largest absolute Gasteiger partial charge is 0.382 e. The van der Waals surface area contributed by atoms with Gasteiger partial charge in [-0.1, -0.05) is 6.07 Å². The van der Waals surface area contributed by atoms with Crippen molar-refractivity contribution in [1.29, 1.82) is 0 Å². The first-order valence-corrected chi connectivity index (χ1v) is 5.95. The first-order chi connectivity index (χ1) is 7.75. The summed E-state index contributed by atoms with van der Waals surface area (Å²) in [5.74, 6) is 1.28. The van der Waals surface area contributed by atoms with E-state index in [0.717, 1.165) is 18.8 Å². The molecule has 0 spiro atoms. The van der Waals surface area contributed by atoms with Gasteiger partial charge in [0.1, 0.15) is 11.6 Å². The topological polar surface area (TPSA) is 55.0 Å². The van der Waals surface area contributed by atoms with Gasteiger partial charge in [0.05, 0.1) is 12.4 Å². The fourth-order valence-electron chi connectivity index (χ4n) is 1.40. The van der Waals surface area contributed by atoms with E-state index in [2.05, 4.69) is 32.4 Å². The quantitative estimate of drug-likeness (QED) is 0.876. The maximum Gasteiger partial charge on any atom is 0.149 e. The van der Waals surface area contributed by atoms with Crippen molar-refractivity contribution in [3.8, 4) is 0 Å². The van der Waals surface area contributed by atoms with E-state index >= 15 is 0 Å². The first-order valence-electron chi connectivity index (χ1n) is 5.07. The highest BCUT2D eigenvalue weighted by Gasteiger charge is 2.03. The van der Waals surface area contributed by atoms with Crippen molar-refractivity contribution in [3.63, 3.8) is 0 Å². The summed E-state index contributed by atoms with van der Waals surface area (Å²) >= 11 is 1.78. The van der Waals surface area contributed by atoms with Crippen LogP contribution in [0.4, 0.5) is 11.6 Å². The summed E-state index contributed by atoms with van der Waals surface area (Å²) in [5.41, 5.74) is 5.59. The fourth-order valence-corrected chi connectivity index (χ4v) is 2.10. The highest BCUT2D eigenvalue weighted by molar-refractivity contribution is 7.09. The average molecular weight is 234 g/mol. The summed E-state index contributed by atoms with van der Waals surface area (Å²) in [6.45, 7) is 0.915. The molecule has 0 unspecified atom stereocenters. The van der Waals surface area contributed by atoms with Crippen LogP contribution in [0.25, 0.3) is 0 Å². The molecule has 0 fully saturated rings. The molecule has 2 rings (SSSR count). The van der Waals surface area contributed by atoms with Gasteiger partial charge in [-0.2, -0.15) is 0 Å². The van der Waals surface area contributed by atoms with Gasteiger partial charge < -0.3 is 10.6 Å². The van der Waals surface area contributed by atoms with Gasteiger partial charge in [-0.25, -0.2) is 4.98 Å². The minimum Gasteiger partial charge on any atom is -0.382 e. The van der Waals surface area contributed by atoms with E-state index in [0.29, 0.717) is 5.82 Å². The van der Waals surface area contributed by atoms with E-state index in [1.807, 2.05) is 7.05 Å². The Kier molecular flexibility index (Phi) is 3.36. The molecule has 0 saturated heterocycles. The molecule has 84 valence electrons. The molecule has 0 saturated carbocycles. The van der Waals surface area contributed by atoms with Crippen molar-refractivity contribution in [2.24, 2.45) is 0 Å². The van der Waals surface area contributed by atoms with Crippen molar-refractivity contribution in [2.75, 3.05) is 24.2 Å². The number of likely N-dealkylation sites (N-methyl/N-ethyl adjacent to an activating group) is 1.